The van der Waals surface area contributed by atoms with Crippen LogP contribution >= 0.6 is 11.6 Å². The van der Waals surface area contributed by atoms with Gasteiger partial charge in [-0.2, -0.15) is 0 Å². The number of carbonyl (C=O) groups is 3. The molecule has 8 heteroatoms. The van der Waals surface area contributed by atoms with E-state index >= 15 is 0 Å². The molecule has 2 saturated heterocycles. The number of nitrogens with one attached hydrogen (secondary N) is 1. The molecule has 2 N–H and O–H groups in total. The third kappa shape index (κ3) is 3.17. The van der Waals surface area contributed by atoms with E-state index < -0.39 is 11.9 Å². The smallest absolute Gasteiger partial charge is 0.321 e. The zero-order chi connectivity index (χ0) is 17.3. The lowest BCUT2D eigenvalue weighted by molar-refractivity contribution is -0.143. The average Bonchev–Trinajstić information content (AvgIpc) is 3.01. The van der Waals surface area contributed by atoms with Gasteiger partial charge in [0.1, 0.15) is 0 Å². The van der Waals surface area contributed by atoms with Gasteiger partial charge in [0.05, 0.1) is 16.5 Å². The van der Waals surface area contributed by atoms with Crippen LogP contribution in [0.1, 0.15) is 23.2 Å². The van der Waals surface area contributed by atoms with Gasteiger partial charge in [0.2, 0.25) is 0 Å². The molecule has 1 aromatic carbocycles. The summed E-state index contributed by atoms with van der Waals surface area (Å²) in [5.41, 5.74) is 0.959. The quantitative estimate of drug-likeness (QED) is 0.869. The standard InChI is InChI=1S/C16H18ClN3O4/c17-13-2-1-11(20-8-5-18-16(20)24)9-12(13)14(21)19-6-3-10(4-7-19)15(22)23/h1-2,9-10H,3-8H2,(H,18,24)(H,22,23). The number of piperidine rings is 1. The number of carboxylic acids is 1. The maximum Gasteiger partial charge on any atom is 0.321 e. The first kappa shape index (κ1) is 16.6. The predicted molar refractivity (Wildman–Crippen MR) is 88.5 cm³/mol. The van der Waals surface area contributed by atoms with E-state index in [1.54, 1.807) is 28.0 Å². The molecule has 128 valence electrons. The van der Waals surface area contributed by atoms with Crippen LogP contribution in [0, 0.1) is 5.92 Å². The van der Waals surface area contributed by atoms with Crippen LogP contribution in [-0.2, 0) is 4.79 Å². The number of likely N-dealkylation sites (tertiary alicyclic amines) is 1. The van der Waals surface area contributed by atoms with Crippen LogP contribution in [0.4, 0.5) is 10.5 Å². The van der Waals surface area contributed by atoms with Crippen LogP contribution in [0.5, 0.6) is 0 Å². The minimum Gasteiger partial charge on any atom is -0.481 e. The minimum absolute atomic E-state index is 0.196. The van der Waals surface area contributed by atoms with Crippen LogP contribution < -0.4 is 10.2 Å². The molecule has 2 aliphatic heterocycles. The lowest BCUT2D eigenvalue weighted by atomic mass is 9.96. The predicted octanol–water partition coefficient (Wildman–Crippen LogP) is 1.81. The molecule has 7 nitrogen and oxygen atoms in total. The lowest BCUT2D eigenvalue weighted by Gasteiger charge is -2.30. The molecule has 0 unspecified atom stereocenters. The highest BCUT2D eigenvalue weighted by Crippen LogP contribution is 2.27. The number of carboxylic acid groups (broad SMARTS) is 1. The summed E-state index contributed by atoms with van der Waals surface area (Å²) in [5.74, 6) is -1.45. The van der Waals surface area contributed by atoms with Gasteiger partial charge in [-0.05, 0) is 31.0 Å². The molecule has 2 heterocycles. The van der Waals surface area contributed by atoms with Crippen molar-refractivity contribution in [2.75, 3.05) is 31.1 Å². The van der Waals surface area contributed by atoms with Crippen molar-refractivity contribution in [3.8, 4) is 0 Å². The summed E-state index contributed by atoms with van der Waals surface area (Å²) in [5, 5.41) is 12.1. The van der Waals surface area contributed by atoms with E-state index in [1.165, 1.54) is 0 Å². The van der Waals surface area contributed by atoms with E-state index in [0.29, 0.717) is 55.3 Å². The van der Waals surface area contributed by atoms with Gasteiger partial charge in [0.25, 0.3) is 5.91 Å². The SMILES string of the molecule is O=C(O)C1CCN(C(=O)c2cc(N3CCNC3=O)ccc2Cl)CC1. The molecule has 0 aliphatic carbocycles. The lowest BCUT2D eigenvalue weighted by Crippen LogP contribution is -2.40. The van der Waals surface area contributed by atoms with Gasteiger partial charge < -0.3 is 15.3 Å². The van der Waals surface area contributed by atoms with Gasteiger partial charge in [-0.3, -0.25) is 14.5 Å². The van der Waals surface area contributed by atoms with E-state index in [0.717, 1.165) is 0 Å². The molecule has 2 fully saturated rings. The maximum atomic E-state index is 12.7. The number of anilines is 1. The second kappa shape index (κ2) is 6.68. The Morgan fingerprint density at radius 1 is 1.21 bits per heavy atom. The second-order valence-corrected chi connectivity index (χ2v) is 6.36. The number of hydrogen-bond donors (Lipinski definition) is 2. The number of carbonyl (C=O) groups excluding carboxylic acids is 2. The third-order valence-corrected chi connectivity index (χ3v) is 4.81. The third-order valence-electron chi connectivity index (χ3n) is 4.48. The Kier molecular flexibility index (Phi) is 4.62. The topological polar surface area (TPSA) is 89.9 Å². The van der Waals surface area contributed by atoms with E-state index in [9.17, 15) is 14.4 Å². The average molecular weight is 352 g/mol. The van der Waals surface area contributed by atoms with Gasteiger partial charge in [-0.1, -0.05) is 11.6 Å². The van der Waals surface area contributed by atoms with Gasteiger partial charge in [0.15, 0.2) is 0 Å². The van der Waals surface area contributed by atoms with Crippen LogP contribution in [-0.4, -0.2) is 54.1 Å². The highest BCUT2D eigenvalue weighted by atomic mass is 35.5. The molecule has 2 aliphatic rings. The van der Waals surface area contributed by atoms with Crippen molar-refractivity contribution in [3.63, 3.8) is 0 Å². The van der Waals surface area contributed by atoms with Crippen LogP contribution in [0.2, 0.25) is 5.02 Å². The normalized spacial score (nSPS) is 18.6. The summed E-state index contributed by atoms with van der Waals surface area (Å²) in [6, 6.07) is 4.75. The number of hydrogen-bond acceptors (Lipinski definition) is 3. The molecule has 0 radical (unpaired) electrons. The van der Waals surface area contributed by atoms with Gasteiger partial charge in [0, 0.05) is 31.9 Å². The zero-order valence-corrected chi connectivity index (χ0v) is 13.8. The molecule has 0 spiro atoms. The van der Waals surface area contributed by atoms with Crippen molar-refractivity contribution in [2.45, 2.75) is 12.8 Å². The highest BCUT2D eigenvalue weighted by Gasteiger charge is 2.29. The largest absolute Gasteiger partial charge is 0.481 e. The molecule has 0 aromatic heterocycles. The summed E-state index contributed by atoms with van der Waals surface area (Å²) < 4.78 is 0. The summed E-state index contributed by atoms with van der Waals surface area (Å²) >= 11 is 6.17. The van der Waals surface area contributed by atoms with Crippen LogP contribution in [0.15, 0.2) is 18.2 Å². The van der Waals surface area contributed by atoms with Gasteiger partial charge >= 0.3 is 12.0 Å². The molecule has 1 aromatic rings. The zero-order valence-electron chi connectivity index (χ0n) is 13.0. The van der Waals surface area contributed by atoms with Crippen molar-refractivity contribution in [2.24, 2.45) is 5.92 Å². The number of nitrogens with zero attached hydrogens (tertiary/aromatic N) is 2. The number of benzene rings is 1. The molecule has 0 bridgehead atoms. The van der Waals surface area contributed by atoms with E-state index in [2.05, 4.69) is 5.32 Å². The summed E-state index contributed by atoms with van der Waals surface area (Å²) in [6.45, 7) is 1.88. The Bertz CT molecular complexity index is 686. The fraction of sp³-hybridized carbons (Fsp3) is 0.438. The van der Waals surface area contributed by atoms with E-state index in [4.69, 9.17) is 16.7 Å². The minimum atomic E-state index is -0.817. The monoisotopic (exact) mass is 351 g/mol. The Morgan fingerprint density at radius 2 is 1.92 bits per heavy atom. The first-order valence-corrected chi connectivity index (χ1v) is 8.22. The molecule has 3 rings (SSSR count). The van der Waals surface area contributed by atoms with Crippen molar-refractivity contribution in [1.82, 2.24) is 10.2 Å². The van der Waals surface area contributed by atoms with Crippen molar-refractivity contribution in [1.29, 1.82) is 0 Å². The number of halogens is 1. The van der Waals surface area contributed by atoms with Crippen LogP contribution in [0.3, 0.4) is 0 Å². The molecule has 24 heavy (non-hydrogen) atoms. The van der Waals surface area contributed by atoms with Crippen molar-refractivity contribution in [3.05, 3.63) is 28.8 Å². The number of rotatable bonds is 3. The number of aliphatic carboxylic acids is 1. The molecular formula is C16H18ClN3O4. The first-order valence-electron chi connectivity index (χ1n) is 7.84. The first-order chi connectivity index (χ1) is 11.5. The summed E-state index contributed by atoms with van der Waals surface area (Å²) in [6.07, 6.45) is 0.875. The highest BCUT2D eigenvalue weighted by molar-refractivity contribution is 6.34. The number of urea groups is 1. The van der Waals surface area contributed by atoms with Gasteiger partial charge in [-0.25, -0.2) is 4.79 Å². The van der Waals surface area contributed by atoms with Gasteiger partial charge in [-0.15, -0.1) is 0 Å². The molecule has 0 atom stereocenters. The van der Waals surface area contributed by atoms with Crippen molar-refractivity contribution < 1.29 is 19.5 Å². The Hall–Kier alpha value is -2.28. The van der Waals surface area contributed by atoms with Crippen molar-refractivity contribution >= 4 is 35.2 Å². The fourth-order valence-corrected chi connectivity index (χ4v) is 3.26. The summed E-state index contributed by atoms with van der Waals surface area (Å²) in [7, 11) is 0. The molecule has 3 amide bonds. The van der Waals surface area contributed by atoms with Crippen LogP contribution in [0.25, 0.3) is 0 Å². The summed E-state index contributed by atoms with van der Waals surface area (Å²) in [4.78, 5) is 38.7. The number of amides is 3. The molecule has 0 saturated carbocycles. The van der Waals surface area contributed by atoms with E-state index in [1.807, 2.05) is 0 Å². The Balaban J connectivity index is 1.77. The molecular weight excluding hydrogens is 334 g/mol. The Morgan fingerprint density at radius 3 is 2.50 bits per heavy atom. The fourth-order valence-electron chi connectivity index (χ4n) is 3.06. The maximum absolute atomic E-state index is 12.7. The second-order valence-electron chi connectivity index (χ2n) is 5.95. The van der Waals surface area contributed by atoms with E-state index in [-0.39, 0.29) is 11.9 Å². The Labute approximate surface area is 144 Å².